The summed E-state index contributed by atoms with van der Waals surface area (Å²) >= 11 is 0. The Hall–Kier alpha value is -2.61. The number of benzene rings is 2. The molecule has 30 heavy (non-hydrogen) atoms. The second-order valence-electron chi connectivity index (χ2n) is 7.42. The van der Waals surface area contributed by atoms with Crippen molar-refractivity contribution in [1.29, 1.82) is 0 Å². The van der Waals surface area contributed by atoms with Crippen molar-refractivity contribution < 1.29 is 22.3 Å². The molecule has 1 saturated carbocycles. The minimum Gasteiger partial charge on any atom is -0.497 e. The highest BCUT2D eigenvalue weighted by Crippen LogP contribution is 2.26. The lowest BCUT2D eigenvalue weighted by molar-refractivity contribution is -0.120. The van der Waals surface area contributed by atoms with Gasteiger partial charge in [0.2, 0.25) is 5.91 Å². The van der Waals surface area contributed by atoms with Crippen LogP contribution in [0.4, 0.5) is 10.1 Å². The number of nitrogens with zero attached hydrogens (tertiary/aromatic N) is 1. The van der Waals surface area contributed by atoms with Crippen LogP contribution in [0, 0.1) is 5.82 Å². The molecule has 2 aromatic rings. The van der Waals surface area contributed by atoms with Crippen LogP contribution >= 0.6 is 0 Å². The van der Waals surface area contributed by atoms with Crippen LogP contribution in [0.25, 0.3) is 0 Å². The van der Waals surface area contributed by atoms with Crippen molar-refractivity contribution in [1.82, 2.24) is 5.32 Å². The molecule has 0 spiro atoms. The fourth-order valence-corrected chi connectivity index (χ4v) is 5.05. The zero-order chi connectivity index (χ0) is 21.6. The van der Waals surface area contributed by atoms with Crippen LogP contribution in [-0.2, 0) is 14.8 Å². The van der Waals surface area contributed by atoms with Crippen LogP contribution in [-0.4, -0.2) is 34.0 Å². The molecule has 2 aromatic carbocycles. The van der Waals surface area contributed by atoms with Crippen LogP contribution in [0.3, 0.4) is 0 Å². The summed E-state index contributed by atoms with van der Waals surface area (Å²) in [4.78, 5) is 12.7. The van der Waals surface area contributed by atoms with Crippen LogP contribution in [0.1, 0.15) is 38.5 Å². The SMILES string of the molecule is COc1ccc(N(CC(=O)NC2CCCCCC2)S(=O)(=O)c2ccc(F)cc2)cc1. The molecule has 0 heterocycles. The third kappa shape index (κ3) is 5.50. The van der Waals surface area contributed by atoms with Crippen molar-refractivity contribution in [3.8, 4) is 5.75 Å². The van der Waals surface area contributed by atoms with E-state index < -0.39 is 15.8 Å². The summed E-state index contributed by atoms with van der Waals surface area (Å²) in [7, 11) is -2.55. The number of hydrogen-bond acceptors (Lipinski definition) is 4. The average molecular weight is 435 g/mol. The third-order valence-corrected chi connectivity index (χ3v) is 7.06. The van der Waals surface area contributed by atoms with Crippen molar-refractivity contribution in [3.63, 3.8) is 0 Å². The summed E-state index contributed by atoms with van der Waals surface area (Å²) < 4.78 is 46.0. The third-order valence-electron chi connectivity index (χ3n) is 5.27. The first-order valence-corrected chi connectivity index (χ1v) is 11.6. The Kier molecular flexibility index (Phi) is 7.31. The Balaban J connectivity index is 1.86. The first kappa shape index (κ1) is 22.1. The molecule has 1 aliphatic rings. The Bertz CT molecular complexity index is 938. The number of sulfonamides is 1. The number of ether oxygens (including phenoxy) is 1. The molecule has 0 unspecified atom stereocenters. The Morgan fingerprint density at radius 1 is 1.03 bits per heavy atom. The molecule has 0 radical (unpaired) electrons. The summed E-state index contributed by atoms with van der Waals surface area (Å²) in [5.74, 6) is -0.319. The number of halogens is 1. The molecule has 0 atom stereocenters. The van der Waals surface area contributed by atoms with Crippen molar-refractivity contribution in [2.24, 2.45) is 0 Å². The first-order chi connectivity index (χ1) is 14.4. The number of amides is 1. The summed E-state index contributed by atoms with van der Waals surface area (Å²) in [5, 5.41) is 2.98. The largest absolute Gasteiger partial charge is 0.497 e. The maximum absolute atomic E-state index is 13.3. The van der Waals surface area contributed by atoms with E-state index in [-0.39, 0.29) is 23.4 Å². The number of nitrogens with one attached hydrogen (secondary N) is 1. The molecule has 8 heteroatoms. The van der Waals surface area contributed by atoms with Crippen molar-refractivity contribution in [3.05, 3.63) is 54.3 Å². The predicted molar refractivity (Wildman–Crippen MR) is 114 cm³/mol. The normalized spacial score (nSPS) is 15.3. The van der Waals surface area contributed by atoms with E-state index in [2.05, 4.69) is 5.32 Å². The van der Waals surface area contributed by atoms with Gasteiger partial charge in [-0.05, 0) is 61.4 Å². The number of methoxy groups -OCH3 is 1. The fourth-order valence-electron chi connectivity index (χ4n) is 3.62. The molecular weight excluding hydrogens is 407 g/mol. The van der Waals surface area contributed by atoms with E-state index in [1.807, 2.05) is 0 Å². The minimum atomic E-state index is -4.07. The van der Waals surface area contributed by atoms with E-state index >= 15 is 0 Å². The summed E-state index contributed by atoms with van der Waals surface area (Å²) in [6.45, 7) is -0.359. The van der Waals surface area contributed by atoms with E-state index in [1.165, 1.54) is 19.2 Å². The summed E-state index contributed by atoms with van der Waals surface area (Å²) in [5.41, 5.74) is 0.330. The van der Waals surface area contributed by atoms with Gasteiger partial charge in [0, 0.05) is 6.04 Å². The number of anilines is 1. The van der Waals surface area contributed by atoms with Gasteiger partial charge in [0.05, 0.1) is 17.7 Å². The Morgan fingerprint density at radius 2 is 1.63 bits per heavy atom. The first-order valence-electron chi connectivity index (χ1n) is 10.1. The van der Waals surface area contributed by atoms with E-state index in [1.54, 1.807) is 24.3 Å². The molecule has 1 fully saturated rings. The molecule has 1 aliphatic carbocycles. The quantitative estimate of drug-likeness (QED) is 0.672. The highest BCUT2D eigenvalue weighted by Gasteiger charge is 2.28. The Morgan fingerprint density at radius 3 is 2.20 bits per heavy atom. The molecule has 162 valence electrons. The lowest BCUT2D eigenvalue weighted by Crippen LogP contribution is -2.44. The van der Waals surface area contributed by atoms with Gasteiger partial charge in [-0.15, -0.1) is 0 Å². The van der Waals surface area contributed by atoms with Crippen LogP contribution in [0.5, 0.6) is 5.75 Å². The van der Waals surface area contributed by atoms with Gasteiger partial charge in [-0.25, -0.2) is 12.8 Å². The van der Waals surface area contributed by atoms with Gasteiger partial charge < -0.3 is 10.1 Å². The van der Waals surface area contributed by atoms with E-state index in [0.29, 0.717) is 11.4 Å². The van der Waals surface area contributed by atoms with Gasteiger partial charge in [0.1, 0.15) is 18.1 Å². The fraction of sp³-hybridized carbons (Fsp3) is 0.409. The molecule has 6 nitrogen and oxygen atoms in total. The van der Waals surface area contributed by atoms with E-state index in [4.69, 9.17) is 4.74 Å². The van der Waals surface area contributed by atoms with Gasteiger partial charge in [-0.1, -0.05) is 25.7 Å². The highest BCUT2D eigenvalue weighted by molar-refractivity contribution is 7.92. The van der Waals surface area contributed by atoms with Gasteiger partial charge >= 0.3 is 0 Å². The van der Waals surface area contributed by atoms with Gasteiger partial charge in [-0.3, -0.25) is 9.10 Å². The number of carbonyl (C=O) groups excluding carboxylic acids is 1. The zero-order valence-corrected chi connectivity index (χ0v) is 17.8. The van der Waals surface area contributed by atoms with Gasteiger partial charge in [0.25, 0.3) is 10.0 Å². The molecule has 0 aliphatic heterocycles. The summed E-state index contributed by atoms with van der Waals surface area (Å²) in [6.07, 6.45) is 6.23. The van der Waals surface area contributed by atoms with E-state index in [9.17, 15) is 17.6 Å². The smallest absolute Gasteiger partial charge is 0.264 e. The number of rotatable bonds is 7. The topological polar surface area (TPSA) is 75.7 Å². The standard InChI is InChI=1S/C22H27FN2O4S/c1-29-20-12-10-19(11-13-20)25(30(27,28)21-14-8-17(23)9-15-21)16-22(26)24-18-6-4-2-3-5-7-18/h8-15,18H,2-7,16H2,1H3,(H,24,26). The highest BCUT2D eigenvalue weighted by atomic mass is 32.2. The maximum Gasteiger partial charge on any atom is 0.264 e. The molecule has 1 amide bonds. The summed E-state index contributed by atoms with van der Waals surface area (Å²) in [6, 6.07) is 11.1. The van der Waals surface area contributed by atoms with Crippen molar-refractivity contribution in [2.45, 2.75) is 49.5 Å². The Labute approximate surface area is 177 Å². The van der Waals surface area contributed by atoms with E-state index in [0.717, 1.165) is 55.0 Å². The van der Waals surface area contributed by atoms with Crippen LogP contribution in [0.2, 0.25) is 0 Å². The lowest BCUT2D eigenvalue weighted by atomic mass is 10.1. The zero-order valence-electron chi connectivity index (χ0n) is 17.0. The second-order valence-corrected chi connectivity index (χ2v) is 9.28. The molecule has 3 rings (SSSR count). The lowest BCUT2D eigenvalue weighted by Gasteiger charge is -2.25. The minimum absolute atomic E-state index is 0.0613. The van der Waals surface area contributed by atoms with Gasteiger partial charge in [0.15, 0.2) is 0 Å². The molecular formula is C22H27FN2O4S. The predicted octanol–water partition coefficient (Wildman–Crippen LogP) is 3.87. The average Bonchev–Trinajstić information content (AvgIpc) is 3.01. The van der Waals surface area contributed by atoms with Crippen molar-refractivity contribution in [2.75, 3.05) is 18.0 Å². The molecule has 0 saturated heterocycles. The van der Waals surface area contributed by atoms with Crippen LogP contribution < -0.4 is 14.4 Å². The molecule has 0 aromatic heterocycles. The molecule has 0 bridgehead atoms. The second kappa shape index (κ2) is 9.93. The number of hydrogen-bond donors (Lipinski definition) is 1. The molecule has 1 N–H and O–H groups in total. The number of carbonyl (C=O) groups is 1. The monoisotopic (exact) mass is 434 g/mol. The van der Waals surface area contributed by atoms with Crippen LogP contribution in [0.15, 0.2) is 53.4 Å². The van der Waals surface area contributed by atoms with Crippen molar-refractivity contribution >= 4 is 21.6 Å². The van der Waals surface area contributed by atoms with Gasteiger partial charge in [-0.2, -0.15) is 0 Å². The maximum atomic E-state index is 13.3.